The minimum atomic E-state index is -0.366. The molecule has 120 valence electrons. The van der Waals surface area contributed by atoms with E-state index in [4.69, 9.17) is 0 Å². The molecule has 0 aliphatic heterocycles. The van der Waals surface area contributed by atoms with Crippen molar-refractivity contribution in [2.24, 2.45) is 0 Å². The molecule has 0 saturated carbocycles. The normalized spacial score (nSPS) is 10.2. The molecule has 24 heavy (non-hydrogen) atoms. The van der Waals surface area contributed by atoms with Crippen molar-refractivity contribution in [1.82, 2.24) is 4.98 Å². The summed E-state index contributed by atoms with van der Waals surface area (Å²) in [6, 6.07) is 16.8. The van der Waals surface area contributed by atoms with E-state index in [-0.39, 0.29) is 17.4 Å². The number of para-hydroxylation sites is 1. The monoisotopic (exact) mass is 385 g/mol. The lowest BCUT2D eigenvalue weighted by Crippen LogP contribution is -2.13. The maximum absolute atomic E-state index is 13.7. The minimum Gasteiger partial charge on any atom is -0.353 e. The van der Waals surface area contributed by atoms with Gasteiger partial charge in [-0.2, -0.15) is 0 Å². The number of hydrogen-bond acceptors (Lipinski definition) is 3. The lowest BCUT2D eigenvalue weighted by molar-refractivity contribution is 0.102. The van der Waals surface area contributed by atoms with Crippen LogP contribution in [0.3, 0.4) is 0 Å². The molecule has 0 radical (unpaired) electrons. The third-order valence-electron chi connectivity index (χ3n) is 3.23. The molecule has 2 N–H and O–H groups in total. The standard InChI is InChI=1S/C18H13BrFN3O/c19-12-4-3-5-13(10-12)23-18(24)17-11-14(8-9-21-17)22-16-7-2-1-6-15(16)20/h1-11H,(H,21,22)(H,23,24). The number of aromatic nitrogens is 1. The van der Waals surface area contributed by atoms with Crippen molar-refractivity contribution in [3.05, 3.63) is 82.8 Å². The van der Waals surface area contributed by atoms with Crippen LogP contribution in [0.15, 0.2) is 71.3 Å². The van der Waals surface area contributed by atoms with Crippen LogP contribution >= 0.6 is 15.9 Å². The SMILES string of the molecule is O=C(Nc1cccc(Br)c1)c1cc(Nc2ccccc2F)ccn1. The molecule has 2 aromatic carbocycles. The van der Waals surface area contributed by atoms with E-state index in [0.29, 0.717) is 17.1 Å². The van der Waals surface area contributed by atoms with Gasteiger partial charge in [0.2, 0.25) is 0 Å². The summed E-state index contributed by atoms with van der Waals surface area (Å²) in [5.74, 6) is -0.709. The fourth-order valence-corrected chi connectivity index (χ4v) is 2.51. The number of rotatable bonds is 4. The van der Waals surface area contributed by atoms with Crippen LogP contribution < -0.4 is 10.6 Å². The Morgan fingerprint density at radius 3 is 2.62 bits per heavy atom. The van der Waals surface area contributed by atoms with Crippen molar-refractivity contribution >= 4 is 38.9 Å². The molecule has 0 aliphatic carbocycles. The van der Waals surface area contributed by atoms with Gasteiger partial charge in [0.15, 0.2) is 0 Å². The number of hydrogen-bond donors (Lipinski definition) is 2. The molecule has 1 heterocycles. The van der Waals surface area contributed by atoms with Crippen LogP contribution in [-0.2, 0) is 0 Å². The Bertz CT molecular complexity index is 885. The molecular weight excluding hydrogens is 373 g/mol. The number of carbonyl (C=O) groups excluding carboxylic acids is 1. The highest BCUT2D eigenvalue weighted by molar-refractivity contribution is 9.10. The van der Waals surface area contributed by atoms with Gasteiger partial charge in [-0.05, 0) is 42.5 Å². The molecule has 0 fully saturated rings. The fraction of sp³-hybridized carbons (Fsp3) is 0. The van der Waals surface area contributed by atoms with Gasteiger partial charge in [-0.15, -0.1) is 0 Å². The van der Waals surface area contributed by atoms with E-state index in [0.717, 1.165) is 4.47 Å². The Morgan fingerprint density at radius 1 is 1.00 bits per heavy atom. The summed E-state index contributed by atoms with van der Waals surface area (Å²) in [6.07, 6.45) is 1.50. The summed E-state index contributed by atoms with van der Waals surface area (Å²) >= 11 is 3.35. The van der Waals surface area contributed by atoms with E-state index in [9.17, 15) is 9.18 Å². The molecule has 0 saturated heterocycles. The number of amides is 1. The number of nitrogens with one attached hydrogen (secondary N) is 2. The summed E-state index contributed by atoms with van der Waals surface area (Å²) in [5.41, 5.74) is 1.80. The Labute approximate surface area is 146 Å². The second-order valence-electron chi connectivity index (χ2n) is 5.00. The summed E-state index contributed by atoms with van der Waals surface area (Å²) in [4.78, 5) is 16.4. The number of anilines is 3. The maximum Gasteiger partial charge on any atom is 0.274 e. The van der Waals surface area contributed by atoms with Crippen LogP contribution in [0.4, 0.5) is 21.5 Å². The second kappa shape index (κ2) is 7.23. The van der Waals surface area contributed by atoms with Gasteiger partial charge in [-0.25, -0.2) is 4.39 Å². The average molecular weight is 386 g/mol. The van der Waals surface area contributed by atoms with Crippen molar-refractivity contribution in [2.75, 3.05) is 10.6 Å². The fourth-order valence-electron chi connectivity index (χ4n) is 2.11. The predicted octanol–water partition coefficient (Wildman–Crippen LogP) is 4.98. The highest BCUT2D eigenvalue weighted by atomic mass is 79.9. The third-order valence-corrected chi connectivity index (χ3v) is 3.72. The molecule has 0 unspecified atom stereocenters. The summed E-state index contributed by atoms with van der Waals surface area (Å²) in [7, 11) is 0. The van der Waals surface area contributed by atoms with Gasteiger partial charge >= 0.3 is 0 Å². The first-order valence-corrected chi connectivity index (χ1v) is 7.95. The average Bonchev–Trinajstić information content (AvgIpc) is 2.57. The molecule has 1 aromatic heterocycles. The first kappa shape index (κ1) is 16.1. The Balaban J connectivity index is 1.77. The number of nitrogens with zero attached hydrogens (tertiary/aromatic N) is 1. The minimum absolute atomic E-state index is 0.233. The van der Waals surface area contributed by atoms with Gasteiger partial charge in [0.05, 0.1) is 5.69 Å². The first-order chi connectivity index (χ1) is 11.6. The van der Waals surface area contributed by atoms with E-state index in [2.05, 4.69) is 31.5 Å². The summed E-state index contributed by atoms with van der Waals surface area (Å²) < 4.78 is 14.6. The van der Waals surface area contributed by atoms with Crippen molar-refractivity contribution in [2.45, 2.75) is 0 Å². The van der Waals surface area contributed by atoms with Crippen molar-refractivity contribution in [3.63, 3.8) is 0 Å². The molecule has 0 bridgehead atoms. The number of carbonyl (C=O) groups is 1. The lowest BCUT2D eigenvalue weighted by Gasteiger charge is -2.09. The van der Waals surface area contributed by atoms with Crippen molar-refractivity contribution in [1.29, 1.82) is 0 Å². The van der Waals surface area contributed by atoms with E-state index in [1.54, 1.807) is 42.5 Å². The predicted molar refractivity (Wildman–Crippen MR) is 96.0 cm³/mol. The molecule has 6 heteroatoms. The van der Waals surface area contributed by atoms with Gasteiger partial charge in [0.1, 0.15) is 11.5 Å². The van der Waals surface area contributed by atoms with Crippen LogP contribution in [-0.4, -0.2) is 10.9 Å². The molecule has 0 atom stereocenters. The van der Waals surface area contributed by atoms with E-state index < -0.39 is 0 Å². The van der Waals surface area contributed by atoms with Gasteiger partial charge in [0, 0.05) is 22.0 Å². The molecule has 3 aromatic rings. The van der Waals surface area contributed by atoms with Crippen LogP contribution in [0.25, 0.3) is 0 Å². The van der Waals surface area contributed by atoms with Gasteiger partial charge in [-0.1, -0.05) is 34.1 Å². The molecule has 0 spiro atoms. The highest BCUT2D eigenvalue weighted by Crippen LogP contribution is 2.20. The van der Waals surface area contributed by atoms with Crippen molar-refractivity contribution < 1.29 is 9.18 Å². The third kappa shape index (κ3) is 3.97. The van der Waals surface area contributed by atoms with Gasteiger partial charge in [0.25, 0.3) is 5.91 Å². The smallest absolute Gasteiger partial charge is 0.274 e. The summed E-state index contributed by atoms with van der Waals surface area (Å²) in [5, 5.41) is 5.71. The van der Waals surface area contributed by atoms with E-state index in [1.807, 2.05) is 12.1 Å². The van der Waals surface area contributed by atoms with Gasteiger partial charge in [-0.3, -0.25) is 9.78 Å². The molecular formula is C18H13BrFN3O. The highest BCUT2D eigenvalue weighted by Gasteiger charge is 2.09. The van der Waals surface area contributed by atoms with Crippen LogP contribution in [0.1, 0.15) is 10.5 Å². The Kier molecular flexibility index (Phi) is 4.86. The zero-order chi connectivity index (χ0) is 16.9. The molecule has 1 amide bonds. The zero-order valence-corrected chi connectivity index (χ0v) is 14.0. The Morgan fingerprint density at radius 2 is 1.83 bits per heavy atom. The number of halogens is 2. The summed E-state index contributed by atoms with van der Waals surface area (Å²) in [6.45, 7) is 0. The number of pyridine rings is 1. The van der Waals surface area contributed by atoms with Gasteiger partial charge < -0.3 is 10.6 Å². The molecule has 4 nitrogen and oxygen atoms in total. The lowest BCUT2D eigenvalue weighted by atomic mass is 10.2. The van der Waals surface area contributed by atoms with E-state index in [1.165, 1.54) is 12.3 Å². The molecule has 0 aliphatic rings. The largest absolute Gasteiger partial charge is 0.353 e. The molecule has 3 rings (SSSR count). The van der Waals surface area contributed by atoms with Crippen LogP contribution in [0, 0.1) is 5.82 Å². The zero-order valence-electron chi connectivity index (χ0n) is 12.5. The van der Waals surface area contributed by atoms with Crippen molar-refractivity contribution in [3.8, 4) is 0 Å². The van der Waals surface area contributed by atoms with Crippen LogP contribution in [0.2, 0.25) is 0 Å². The second-order valence-corrected chi connectivity index (χ2v) is 5.91. The quantitative estimate of drug-likeness (QED) is 0.665. The Hall–Kier alpha value is -2.73. The number of benzene rings is 2. The maximum atomic E-state index is 13.7. The van der Waals surface area contributed by atoms with Crippen LogP contribution in [0.5, 0.6) is 0 Å². The van der Waals surface area contributed by atoms with E-state index >= 15 is 0 Å². The topological polar surface area (TPSA) is 54.0 Å². The first-order valence-electron chi connectivity index (χ1n) is 7.16.